The average molecular weight is 472 g/mol. The Bertz CT molecular complexity index is 1130. The maximum absolute atomic E-state index is 13.6. The molecule has 0 unspecified atom stereocenters. The average Bonchev–Trinajstić information content (AvgIpc) is 3.21. The van der Waals surface area contributed by atoms with Crippen LogP contribution >= 0.6 is 0 Å². The number of carbonyl (C=O) groups is 3. The summed E-state index contributed by atoms with van der Waals surface area (Å²) in [5.41, 5.74) is 1.70. The Labute approximate surface area is 198 Å². The van der Waals surface area contributed by atoms with Crippen molar-refractivity contribution >= 4 is 23.4 Å². The van der Waals surface area contributed by atoms with E-state index in [9.17, 15) is 23.9 Å². The Balaban J connectivity index is 2.15. The molecule has 0 bridgehead atoms. The van der Waals surface area contributed by atoms with Crippen LogP contribution in [-0.4, -0.2) is 71.3 Å². The molecule has 0 aliphatic carbocycles. The summed E-state index contributed by atoms with van der Waals surface area (Å²) >= 11 is 0. The predicted molar refractivity (Wildman–Crippen MR) is 125 cm³/mol. The van der Waals surface area contributed by atoms with Gasteiger partial charge in [-0.05, 0) is 71.1 Å². The van der Waals surface area contributed by atoms with Crippen LogP contribution in [0.15, 0.2) is 29.8 Å². The van der Waals surface area contributed by atoms with Crippen LogP contribution in [-0.2, 0) is 14.3 Å². The summed E-state index contributed by atoms with van der Waals surface area (Å²) in [5.74, 6) is -2.98. The van der Waals surface area contributed by atoms with E-state index >= 15 is 0 Å². The number of H-pyrrole nitrogens is 1. The van der Waals surface area contributed by atoms with Gasteiger partial charge in [0.15, 0.2) is 0 Å². The van der Waals surface area contributed by atoms with Gasteiger partial charge < -0.3 is 24.6 Å². The van der Waals surface area contributed by atoms with Gasteiger partial charge in [-0.25, -0.2) is 9.18 Å². The molecule has 182 valence electrons. The molecule has 1 atom stereocenters. The number of ketones is 1. The van der Waals surface area contributed by atoms with Crippen molar-refractivity contribution in [2.45, 2.75) is 33.2 Å². The van der Waals surface area contributed by atoms with E-state index in [1.165, 1.54) is 29.2 Å². The summed E-state index contributed by atoms with van der Waals surface area (Å²) in [7, 11) is 3.81. The van der Waals surface area contributed by atoms with E-state index in [0.717, 1.165) is 0 Å². The quantitative estimate of drug-likeness (QED) is 0.265. The molecule has 8 nitrogen and oxygen atoms in total. The summed E-state index contributed by atoms with van der Waals surface area (Å²) in [6.45, 7) is 6.12. The number of carbonyl (C=O) groups excluding carboxylic acids is 3. The van der Waals surface area contributed by atoms with Crippen LogP contribution in [0.25, 0.3) is 5.76 Å². The molecule has 1 aliphatic heterocycles. The van der Waals surface area contributed by atoms with Crippen LogP contribution in [0.1, 0.15) is 52.3 Å². The Morgan fingerprint density at radius 2 is 1.85 bits per heavy atom. The van der Waals surface area contributed by atoms with Crippen LogP contribution in [0.3, 0.4) is 0 Å². The summed E-state index contributed by atoms with van der Waals surface area (Å²) in [6.07, 6.45) is 0.604. The first-order valence-corrected chi connectivity index (χ1v) is 11.1. The number of hydrogen-bond acceptors (Lipinski definition) is 6. The number of rotatable bonds is 8. The number of aliphatic hydroxyl groups excluding tert-OH is 1. The number of esters is 1. The van der Waals surface area contributed by atoms with Gasteiger partial charge in [0.25, 0.3) is 11.7 Å². The molecule has 1 aliphatic rings. The lowest BCUT2D eigenvalue weighted by molar-refractivity contribution is -0.139. The van der Waals surface area contributed by atoms with Crippen LogP contribution in [0.2, 0.25) is 0 Å². The van der Waals surface area contributed by atoms with Gasteiger partial charge in [0.2, 0.25) is 0 Å². The number of likely N-dealkylation sites (tertiary alicyclic amines) is 1. The molecule has 0 saturated carbocycles. The summed E-state index contributed by atoms with van der Waals surface area (Å²) < 4.78 is 18.7. The first kappa shape index (κ1) is 25.2. The number of amides is 1. The minimum absolute atomic E-state index is 0.0953. The molecule has 1 amide bonds. The van der Waals surface area contributed by atoms with E-state index in [-0.39, 0.29) is 35.7 Å². The molecule has 34 heavy (non-hydrogen) atoms. The third-order valence-corrected chi connectivity index (χ3v) is 5.88. The number of aryl methyl sites for hydroxylation is 1. The van der Waals surface area contributed by atoms with Crippen LogP contribution in [0.4, 0.5) is 4.39 Å². The number of aromatic amines is 1. The van der Waals surface area contributed by atoms with E-state index in [0.29, 0.717) is 29.8 Å². The van der Waals surface area contributed by atoms with Crippen molar-refractivity contribution in [1.29, 1.82) is 0 Å². The molecule has 3 rings (SSSR count). The molecule has 9 heteroatoms. The van der Waals surface area contributed by atoms with Crippen molar-refractivity contribution in [3.8, 4) is 0 Å². The van der Waals surface area contributed by atoms with E-state index in [4.69, 9.17) is 4.74 Å². The SMILES string of the molecule is CCOC(=O)c1[nH]c(C)c(C(O)=C2C(=O)C(=O)N(CCCN(C)C)[C@H]2c2ccc(F)cc2)c1C. The molecule has 1 aromatic carbocycles. The Morgan fingerprint density at radius 3 is 2.44 bits per heavy atom. The fourth-order valence-corrected chi connectivity index (χ4v) is 4.31. The lowest BCUT2D eigenvalue weighted by Crippen LogP contribution is -2.32. The van der Waals surface area contributed by atoms with Crippen LogP contribution in [0, 0.1) is 19.7 Å². The molecular formula is C25H30FN3O5. The normalized spacial score (nSPS) is 17.6. The molecule has 0 radical (unpaired) electrons. The summed E-state index contributed by atoms with van der Waals surface area (Å²) in [6, 6.07) is 4.61. The molecule has 2 heterocycles. The maximum Gasteiger partial charge on any atom is 0.355 e. The molecule has 2 N–H and O–H groups in total. The molecule has 1 saturated heterocycles. The van der Waals surface area contributed by atoms with Crippen molar-refractivity contribution in [1.82, 2.24) is 14.8 Å². The van der Waals surface area contributed by atoms with Gasteiger partial charge in [0.05, 0.1) is 18.2 Å². The molecule has 1 aromatic heterocycles. The fourth-order valence-electron chi connectivity index (χ4n) is 4.31. The predicted octanol–water partition coefficient (Wildman–Crippen LogP) is 3.32. The highest BCUT2D eigenvalue weighted by Crippen LogP contribution is 2.41. The fraction of sp³-hybridized carbons (Fsp3) is 0.400. The van der Waals surface area contributed by atoms with Crippen molar-refractivity contribution in [2.24, 2.45) is 0 Å². The smallest absolute Gasteiger partial charge is 0.355 e. The van der Waals surface area contributed by atoms with Gasteiger partial charge in [-0.3, -0.25) is 9.59 Å². The minimum Gasteiger partial charge on any atom is -0.507 e. The highest BCUT2D eigenvalue weighted by Gasteiger charge is 2.46. The zero-order valence-corrected chi connectivity index (χ0v) is 20.1. The van der Waals surface area contributed by atoms with Crippen molar-refractivity contribution in [2.75, 3.05) is 33.8 Å². The minimum atomic E-state index is -0.887. The maximum atomic E-state index is 13.6. The molecule has 1 fully saturated rings. The summed E-state index contributed by atoms with van der Waals surface area (Å²) in [5, 5.41) is 11.3. The first-order valence-electron chi connectivity index (χ1n) is 11.1. The lowest BCUT2D eigenvalue weighted by Gasteiger charge is -2.26. The Kier molecular flexibility index (Phi) is 7.56. The van der Waals surface area contributed by atoms with Crippen LogP contribution < -0.4 is 0 Å². The van der Waals surface area contributed by atoms with Gasteiger partial charge in [-0.2, -0.15) is 0 Å². The number of ether oxygens (including phenoxy) is 1. The second kappa shape index (κ2) is 10.2. The third-order valence-electron chi connectivity index (χ3n) is 5.88. The number of nitrogens with zero attached hydrogens (tertiary/aromatic N) is 2. The third kappa shape index (κ3) is 4.75. The van der Waals surface area contributed by atoms with Gasteiger partial charge in [-0.1, -0.05) is 12.1 Å². The highest BCUT2D eigenvalue weighted by atomic mass is 19.1. The summed E-state index contributed by atoms with van der Waals surface area (Å²) in [4.78, 5) is 44.8. The van der Waals surface area contributed by atoms with Crippen molar-refractivity contribution in [3.05, 3.63) is 63.7 Å². The zero-order chi connectivity index (χ0) is 25.2. The molecule has 0 spiro atoms. The largest absolute Gasteiger partial charge is 0.507 e. The first-order chi connectivity index (χ1) is 16.1. The number of hydrogen-bond donors (Lipinski definition) is 2. The van der Waals surface area contributed by atoms with Gasteiger partial charge >= 0.3 is 5.97 Å². The van der Waals surface area contributed by atoms with E-state index in [2.05, 4.69) is 4.98 Å². The van der Waals surface area contributed by atoms with Crippen LogP contribution in [0.5, 0.6) is 0 Å². The van der Waals surface area contributed by atoms with Gasteiger partial charge in [0.1, 0.15) is 17.3 Å². The second-order valence-electron chi connectivity index (χ2n) is 8.55. The number of halogens is 1. The highest BCUT2D eigenvalue weighted by molar-refractivity contribution is 6.46. The van der Waals surface area contributed by atoms with Gasteiger partial charge in [-0.15, -0.1) is 0 Å². The monoisotopic (exact) mass is 471 g/mol. The number of aromatic nitrogens is 1. The number of aliphatic hydroxyl groups is 1. The number of Topliss-reactive ketones (excluding diaryl/α,β-unsaturated/α-hetero) is 1. The van der Waals surface area contributed by atoms with Crippen molar-refractivity contribution in [3.63, 3.8) is 0 Å². The van der Waals surface area contributed by atoms with Crippen molar-refractivity contribution < 1.29 is 28.6 Å². The number of nitrogens with one attached hydrogen (secondary N) is 1. The topological polar surface area (TPSA) is 103 Å². The molecular weight excluding hydrogens is 441 g/mol. The Hall–Kier alpha value is -3.46. The van der Waals surface area contributed by atoms with E-state index in [1.807, 2.05) is 19.0 Å². The molecule has 2 aromatic rings. The number of benzene rings is 1. The standard InChI is InChI=1S/C25H30FN3O5/c1-6-34-25(33)20-14(2)18(15(3)27-20)22(30)19-21(16-8-10-17(26)11-9-16)29(24(32)23(19)31)13-7-12-28(4)5/h8-11,21,27,30H,6-7,12-13H2,1-5H3/t21-/m0/s1. The van der Waals surface area contributed by atoms with Gasteiger partial charge in [0, 0.05) is 17.8 Å². The van der Waals surface area contributed by atoms with E-state index in [1.54, 1.807) is 20.8 Å². The lowest BCUT2D eigenvalue weighted by atomic mass is 9.94. The second-order valence-corrected chi connectivity index (χ2v) is 8.55. The zero-order valence-electron chi connectivity index (χ0n) is 20.1. The Morgan fingerprint density at radius 1 is 1.21 bits per heavy atom. The van der Waals surface area contributed by atoms with E-state index < -0.39 is 29.5 Å².